The molecule has 0 unspecified atom stereocenters. The van der Waals surface area contributed by atoms with Crippen LogP contribution in [-0.4, -0.2) is 34.1 Å². The zero-order chi connectivity index (χ0) is 22.9. The average molecular weight is 455 g/mol. The molecule has 168 valence electrons. The van der Waals surface area contributed by atoms with Crippen molar-refractivity contribution in [2.45, 2.75) is 51.2 Å². The van der Waals surface area contributed by atoms with Crippen LogP contribution in [0, 0.1) is 6.92 Å². The Morgan fingerprint density at radius 3 is 2.31 bits per heavy atom. The van der Waals surface area contributed by atoms with Crippen LogP contribution in [0.1, 0.15) is 43.9 Å². The number of aromatic nitrogens is 2. The highest BCUT2D eigenvalue weighted by Crippen LogP contribution is 2.44. The number of aryl methyl sites for hydroxylation is 1. The average Bonchev–Trinajstić information content (AvgIpc) is 3.14. The summed E-state index contributed by atoms with van der Waals surface area (Å²) >= 11 is 6.90. The van der Waals surface area contributed by atoms with Gasteiger partial charge in [-0.2, -0.15) is 5.10 Å². The molecule has 2 aromatic carbocycles. The first kappa shape index (κ1) is 22.4. The van der Waals surface area contributed by atoms with E-state index in [2.05, 4.69) is 0 Å². The molecule has 1 aromatic heterocycles. The van der Waals surface area contributed by atoms with Gasteiger partial charge in [0.2, 0.25) is 0 Å². The number of hydrogen-bond donors (Lipinski definition) is 1. The molecule has 0 atom stereocenters. The second-order valence-electron chi connectivity index (χ2n) is 8.33. The first-order valence-electron chi connectivity index (χ1n) is 10.7. The first-order valence-corrected chi connectivity index (χ1v) is 11.1. The van der Waals surface area contributed by atoms with Crippen LogP contribution in [0.25, 0.3) is 16.9 Å². The number of carbonyl (C=O) groups is 1. The van der Waals surface area contributed by atoms with Crippen molar-refractivity contribution in [1.82, 2.24) is 9.78 Å². The summed E-state index contributed by atoms with van der Waals surface area (Å²) < 4.78 is 12.4. The van der Waals surface area contributed by atoms with E-state index in [0.29, 0.717) is 36.4 Å². The van der Waals surface area contributed by atoms with Crippen molar-refractivity contribution in [1.29, 1.82) is 0 Å². The van der Waals surface area contributed by atoms with Crippen LogP contribution in [0.5, 0.6) is 5.75 Å². The van der Waals surface area contributed by atoms with Crippen LogP contribution < -0.4 is 4.74 Å². The third-order valence-corrected chi connectivity index (χ3v) is 6.36. The van der Waals surface area contributed by atoms with E-state index in [1.54, 1.807) is 11.8 Å². The van der Waals surface area contributed by atoms with Crippen LogP contribution in [0.3, 0.4) is 0 Å². The number of rotatable bonds is 5. The molecule has 32 heavy (non-hydrogen) atoms. The van der Waals surface area contributed by atoms with Crippen molar-refractivity contribution in [3.8, 4) is 22.7 Å². The van der Waals surface area contributed by atoms with E-state index in [-0.39, 0.29) is 12.1 Å². The van der Waals surface area contributed by atoms with Gasteiger partial charge in [-0.1, -0.05) is 41.4 Å². The fourth-order valence-electron chi connectivity index (χ4n) is 4.23. The predicted octanol–water partition coefficient (Wildman–Crippen LogP) is 5.20. The normalized spacial score (nSPS) is 20.7. The molecule has 0 spiro atoms. The van der Waals surface area contributed by atoms with Crippen LogP contribution in [0.2, 0.25) is 5.02 Å². The molecule has 3 aromatic rings. The van der Waals surface area contributed by atoms with E-state index in [1.165, 1.54) is 6.92 Å². The minimum atomic E-state index is -1.19. The zero-order valence-corrected chi connectivity index (χ0v) is 19.2. The molecule has 1 heterocycles. The first-order chi connectivity index (χ1) is 15.3. The maximum atomic E-state index is 11.5. The highest BCUT2D eigenvalue weighted by Gasteiger charge is 2.41. The lowest BCUT2D eigenvalue weighted by Gasteiger charge is -2.34. The van der Waals surface area contributed by atoms with E-state index >= 15 is 0 Å². The van der Waals surface area contributed by atoms with Crippen LogP contribution in [-0.2, 0) is 15.1 Å². The van der Waals surface area contributed by atoms with Crippen molar-refractivity contribution in [3.05, 3.63) is 64.8 Å². The van der Waals surface area contributed by atoms with Crippen molar-refractivity contribution >= 4 is 17.6 Å². The molecule has 1 aliphatic carbocycles. The summed E-state index contributed by atoms with van der Waals surface area (Å²) in [4.78, 5) is 11.3. The van der Waals surface area contributed by atoms with E-state index in [9.17, 15) is 9.90 Å². The quantitative estimate of drug-likeness (QED) is 0.536. The van der Waals surface area contributed by atoms with E-state index in [4.69, 9.17) is 26.2 Å². The number of carbonyl (C=O) groups excluding carboxylic acids is 1. The molecule has 0 radical (unpaired) electrons. The second kappa shape index (κ2) is 8.96. The Balaban J connectivity index is 1.77. The van der Waals surface area contributed by atoms with Crippen molar-refractivity contribution in [2.75, 3.05) is 7.11 Å². The number of ether oxygens (including phenoxy) is 2. The maximum absolute atomic E-state index is 11.5. The number of halogens is 1. The summed E-state index contributed by atoms with van der Waals surface area (Å²) in [5.74, 6) is 0.440. The molecule has 1 fully saturated rings. The topological polar surface area (TPSA) is 73.6 Å². The lowest BCUT2D eigenvalue weighted by atomic mass is 9.81. The van der Waals surface area contributed by atoms with Gasteiger partial charge in [-0.25, -0.2) is 4.68 Å². The van der Waals surface area contributed by atoms with Crippen LogP contribution >= 0.6 is 11.6 Å². The summed E-state index contributed by atoms with van der Waals surface area (Å²) in [5, 5.41) is 16.7. The van der Waals surface area contributed by atoms with Gasteiger partial charge in [0, 0.05) is 12.5 Å². The highest BCUT2D eigenvalue weighted by molar-refractivity contribution is 6.34. The SMILES string of the molecule is COc1ccc(-n2nc([C@]3(O)CC[C@@H](OC(C)=O)CC3)c(Cl)c2-c2ccc(C)cc2)cc1. The number of benzene rings is 2. The molecule has 0 bridgehead atoms. The van der Waals surface area contributed by atoms with Gasteiger partial charge < -0.3 is 14.6 Å². The van der Waals surface area contributed by atoms with E-state index < -0.39 is 5.60 Å². The minimum Gasteiger partial charge on any atom is -0.497 e. The Kier molecular flexibility index (Phi) is 6.26. The van der Waals surface area contributed by atoms with Crippen molar-refractivity contribution in [2.24, 2.45) is 0 Å². The molecule has 0 aliphatic heterocycles. The summed E-state index contributed by atoms with van der Waals surface area (Å²) in [5.41, 5.74) is 2.85. The fraction of sp³-hybridized carbons (Fsp3) is 0.360. The lowest BCUT2D eigenvalue weighted by molar-refractivity contribution is -0.151. The third-order valence-electron chi connectivity index (χ3n) is 6.00. The Morgan fingerprint density at radius 1 is 1.12 bits per heavy atom. The molecule has 1 saturated carbocycles. The van der Waals surface area contributed by atoms with Gasteiger partial charge in [0.15, 0.2) is 0 Å². The summed E-state index contributed by atoms with van der Waals surface area (Å²) in [6.45, 7) is 3.43. The number of methoxy groups -OCH3 is 1. The van der Waals surface area contributed by atoms with Crippen molar-refractivity contribution in [3.63, 3.8) is 0 Å². The molecule has 7 heteroatoms. The molecule has 0 amide bonds. The standard InChI is InChI=1S/C25H27ClN2O4/c1-16-4-6-18(7-5-16)23-22(26)24(25(30)14-12-21(13-15-25)32-17(2)29)27-28(23)19-8-10-20(31-3)11-9-19/h4-11,21,30H,12-15H2,1-3H3/t21-,25+. The van der Waals surface area contributed by atoms with E-state index in [0.717, 1.165) is 28.3 Å². The molecule has 0 saturated heterocycles. The Hall–Kier alpha value is -2.83. The van der Waals surface area contributed by atoms with Gasteiger partial charge in [0.1, 0.15) is 23.1 Å². The van der Waals surface area contributed by atoms with E-state index in [1.807, 2.05) is 55.5 Å². The lowest BCUT2D eigenvalue weighted by Crippen LogP contribution is -2.35. The Labute approximate surface area is 192 Å². The fourth-order valence-corrected chi connectivity index (χ4v) is 4.63. The zero-order valence-electron chi connectivity index (χ0n) is 18.5. The van der Waals surface area contributed by atoms with Crippen molar-refractivity contribution < 1.29 is 19.4 Å². The van der Waals surface area contributed by atoms with Gasteiger partial charge >= 0.3 is 5.97 Å². The summed E-state index contributed by atoms with van der Waals surface area (Å²) in [6, 6.07) is 15.6. The Morgan fingerprint density at radius 2 is 1.75 bits per heavy atom. The maximum Gasteiger partial charge on any atom is 0.302 e. The highest BCUT2D eigenvalue weighted by atomic mass is 35.5. The molecule has 1 aliphatic rings. The smallest absolute Gasteiger partial charge is 0.302 e. The van der Waals surface area contributed by atoms with Gasteiger partial charge in [-0.05, 0) is 56.9 Å². The number of esters is 1. The Bertz CT molecular complexity index is 1100. The van der Waals surface area contributed by atoms with Gasteiger partial charge in [-0.15, -0.1) is 0 Å². The molecule has 1 N–H and O–H groups in total. The monoisotopic (exact) mass is 454 g/mol. The number of nitrogens with zero attached hydrogens (tertiary/aromatic N) is 2. The number of hydrogen-bond acceptors (Lipinski definition) is 5. The molecule has 6 nitrogen and oxygen atoms in total. The van der Waals surface area contributed by atoms with Crippen LogP contribution in [0.15, 0.2) is 48.5 Å². The second-order valence-corrected chi connectivity index (χ2v) is 8.71. The van der Waals surface area contributed by atoms with Gasteiger partial charge in [0.05, 0.1) is 23.5 Å². The summed E-state index contributed by atoms with van der Waals surface area (Å²) in [7, 11) is 1.62. The minimum absolute atomic E-state index is 0.188. The largest absolute Gasteiger partial charge is 0.497 e. The third kappa shape index (κ3) is 4.38. The van der Waals surface area contributed by atoms with Gasteiger partial charge in [-0.3, -0.25) is 4.79 Å². The van der Waals surface area contributed by atoms with Crippen LogP contribution in [0.4, 0.5) is 0 Å². The predicted molar refractivity (Wildman–Crippen MR) is 123 cm³/mol. The molecule has 4 rings (SSSR count). The van der Waals surface area contributed by atoms with Gasteiger partial charge in [0.25, 0.3) is 0 Å². The molecular weight excluding hydrogens is 428 g/mol. The summed E-state index contributed by atoms with van der Waals surface area (Å²) in [6.07, 6.45) is 1.75. The number of aliphatic hydroxyl groups is 1. The molecular formula is C25H27ClN2O4.